The van der Waals surface area contributed by atoms with E-state index in [1.807, 2.05) is 19.2 Å². The summed E-state index contributed by atoms with van der Waals surface area (Å²) < 4.78 is 6.32. The van der Waals surface area contributed by atoms with Gasteiger partial charge in [0, 0.05) is 27.7 Å². The molecule has 1 aromatic heterocycles. The molecule has 4 heteroatoms. The molecular formula is C12H15BrN2O. The van der Waals surface area contributed by atoms with Gasteiger partial charge in [-0.3, -0.25) is 0 Å². The molecule has 0 spiro atoms. The molecule has 2 N–H and O–H groups in total. The number of H-pyrrole nitrogens is 1. The van der Waals surface area contributed by atoms with Gasteiger partial charge >= 0.3 is 0 Å². The number of nitrogens with one attached hydrogen (secondary N) is 2. The van der Waals surface area contributed by atoms with Crippen LogP contribution < -0.4 is 10.1 Å². The van der Waals surface area contributed by atoms with Gasteiger partial charge in [0.25, 0.3) is 0 Å². The molecule has 1 unspecified atom stereocenters. The molecule has 1 aromatic carbocycles. The van der Waals surface area contributed by atoms with Crippen molar-refractivity contribution in [3.63, 3.8) is 0 Å². The first-order valence-electron chi connectivity index (χ1n) is 5.19. The van der Waals surface area contributed by atoms with Crippen LogP contribution in [0.5, 0.6) is 5.75 Å². The average Bonchev–Trinajstić information content (AvgIpc) is 2.65. The predicted octanol–water partition coefficient (Wildman–Crippen LogP) is 3.22. The number of halogens is 1. The van der Waals surface area contributed by atoms with Crippen molar-refractivity contribution in [2.45, 2.75) is 13.0 Å². The van der Waals surface area contributed by atoms with Gasteiger partial charge in [-0.1, -0.05) is 0 Å². The molecule has 0 radical (unpaired) electrons. The Kier molecular flexibility index (Phi) is 3.21. The quantitative estimate of drug-likeness (QED) is 0.907. The van der Waals surface area contributed by atoms with Crippen LogP contribution in [0.2, 0.25) is 0 Å². The lowest BCUT2D eigenvalue weighted by atomic mass is 10.2. The first-order chi connectivity index (χ1) is 7.67. The monoisotopic (exact) mass is 282 g/mol. The summed E-state index contributed by atoms with van der Waals surface area (Å²) >= 11 is 3.63. The molecule has 2 rings (SSSR count). The first-order valence-corrected chi connectivity index (χ1v) is 5.99. The zero-order chi connectivity index (χ0) is 11.7. The van der Waals surface area contributed by atoms with Crippen LogP contribution in [0.4, 0.5) is 0 Å². The highest BCUT2D eigenvalue weighted by Crippen LogP contribution is 2.33. The van der Waals surface area contributed by atoms with Crippen molar-refractivity contribution < 1.29 is 4.74 Å². The summed E-state index contributed by atoms with van der Waals surface area (Å²) in [5, 5.41) is 4.40. The third kappa shape index (κ3) is 1.83. The molecule has 0 saturated carbocycles. The summed E-state index contributed by atoms with van der Waals surface area (Å²) in [6, 6.07) is 6.31. The van der Waals surface area contributed by atoms with Crippen molar-refractivity contribution in [3.05, 3.63) is 28.4 Å². The standard InChI is InChI=1S/C12H15BrN2O/c1-7(14-2)12-11(13)9-5-4-8(16-3)6-10(9)15-12/h4-7,14-15H,1-3H3. The molecule has 0 amide bonds. The van der Waals surface area contributed by atoms with Crippen molar-refractivity contribution in [2.24, 2.45) is 0 Å². The van der Waals surface area contributed by atoms with Gasteiger partial charge in [0.15, 0.2) is 0 Å². The second-order valence-corrected chi connectivity index (χ2v) is 4.57. The molecule has 0 saturated heterocycles. The average molecular weight is 283 g/mol. The first kappa shape index (κ1) is 11.5. The molecule has 0 aliphatic carbocycles. The highest BCUT2D eigenvalue weighted by molar-refractivity contribution is 9.10. The van der Waals surface area contributed by atoms with E-state index in [-0.39, 0.29) is 6.04 Å². The number of ether oxygens (including phenoxy) is 1. The minimum atomic E-state index is 0.285. The van der Waals surface area contributed by atoms with Crippen molar-refractivity contribution in [1.29, 1.82) is 0 Å². The summed E-state index contributed by atoms with van der Waals surface area (Å²) in [6.45, 7) is 2.12. The van der Waals surface area contributed by atoms with Crippen LogP contribution in [-0.4, -0.2) is 19.1 Å². The van der Waals surface area contributed by atoms with Crippen LogP contribution in [-0.2, 0) is 0 Å². The highest BCUT2D eigenvalue weighted by atomic mass is 79.9. The Bertz CT molecular complexity index is 507. The Balaban J connectivity index is 2.58. The molecule has 86 valence electrons. The molecule has 3 nitrogen and oxygen atoms in total. The Labute approximate surface area is 103 Å². The molecule has 0 aliphatic rings. The van der Waals surface area contributed by atoms with Crippen molar-refractivity contribution >= 4 is 26.8 Å². The minimum Gasteiger partial charge on any atom is -0.497 e. The topological polar surface area (TPSA) is 37.0 Å². The van der Waals surface area contributed by atoms with Crippen molar-refractivity contribution in [2.75, 3.05) is 14.2 Å². The Morgan fingerprint density at radius 3 is 2.81 bits per heavy atom. The van der Waals surface area contributed by atoms with Gasteiger partial charge in [-0.15, -0.1) is 0 Å². The summed E-state index contributed by atoms with van der Waals surface area (Å²) in [5.74, 6) is 0.866. The van der Waals surface area contributed by atoms with Gasteiger partial charge in [0.2, 0.25) is 0 Å². The predicted molar refractivity (Wildman–Crippen MR) is 70.0 cm³/mol. The van der Waals surface area contributed by atoms with E-state index >= 15 is 0 Å². The molecule has 16 heavy (non-hydrogen) atoms. The zero-order valence-corrected chi connectivity index (χ0v) is 11.2. The lowest BCUT2D eigenvalue weighted by molar-refractivity contribution is 0.415. The van der Waals surface area contributed by atoms with E-state index < -0.39 is 0 Å². The maximum atomic E-state index is 5.21. The normalized spacial score (nSPS) is 13.0. The number of methoxy groups -OCH3 is 1. The minimum absolute atomic E-state index is 0.285. The number of fused-ring (bicyclic) bond motifs is 1. The third-order valence-corrected chi connectivity index (χ3v) is 3.69. The highest BCUT2D eigenvalue weighted by Gasteiger charge is 2.13. The van der Waals surface area contributed by atoms with Crippen molar-refractivity contribution in [1.82, 2.24) is 10.3 Å². The Morgan fingerprint density at radius 1 is 1.44 bits per heavy atom. The second-order valence-electron chi connectivity index (χ2n) is 3.77. The van der Waals surface area contributed by atoms with Crippen LogP contribution in [0.15, 0.2) is 22.7 Å². The van der Waals surface area contributed by atoms with E-state index in [9.17, 15) is 0 Å². The van der Waals surface area contributed by atoms with Gasteiger partial charge in [0.05, 0.1) is 12.6 Å². The lowest BCUT2D eigenvalue weighted by Crippen LogP contribution is -2.12. The molecule has 1 heterocycles. The van der Waals surface area contributed by atoms with E-state index in [1.54, 1.807) is 7.11 Å². The SMILES string of the molecule is CNC(C)c1[nH]c2cc(OC)ccc2c1Br. The van der Waals surface area contributed by atoms with E-state index in [0.29, 0.717) is 0 Å². The van der Waals surface area contributed by atoms with Gasteiger partial charge in [-0.05, 0) is 42.0 Å². The van der Waals surface area contributed by atoms with Crippen LogP contribution in [0, 0.1) is 0 Å². The second kappa shape index (κ2) is 4.47. The largest absolute Gasteiger partial charge is 0.497 e. The van der Waals surface area contributed by atoms with E-state index in [1.165, 1.54) is 5.39 Å². The number of aromatic nitrogens is 1. The zero-order valence-electron chi connectivity index (χ0n) is 9.60. The number of hydrogen-bond acceptors (Lipinski definition) is 2. The lowest BCUT2D eigenvalue weighted by Gasteiger charge is -2.08. The van der Waals surface area contributed by atoms with Crippen LogP contribution in [0.25, 0.3) is 10.9 Å². The van der Waals surface area contributed by atoms with Crippen LogP contribution >= 0.6 is 15.9 Å². The Morgan fingerprint density at radius 2 is 2.19 bits per heavy atom. The molecule has 0 bridgehead atoms. The number of rotatable bonds is 3. The fourth-order valence-corrected chi connectivity index (χ4v) is 2.52. The molecule has 0 aliphatic heterocycles. The number of aromatic amines is 1. The molecule has 2 aromatic rings. The summed E-state index contributed by atoms with van der Waals surface area (Å²) in [5.41, 5.74) is 2.24. The van der Waals surface area contributed by atoms with E-state index in [0.717, 1.165) is 21.4 Å². The maximum Gasteiger partial charge on any atom is 0.120 e. The number of hydrogen-bond donors (Lipinski definition) is 2. The fourth-order valence-electron chi connectivity index (χ4n) is 1.73. The smallest absolute Gasteiger partial charge is 0.120 e. The fraction of sp³-hybridized carbons (Fsp3) is 0.333. The van der Waals surface area contributed by atoms with Gasteiger partial charge in [-0.25, -0.2) is 0 Å². The molecular weight excluding hydrogens is 268 g/mol. The number of benzene rings is 1. The van der Waals surface area contributed by atoms with E-state index in [4.69, 9.17) is 4.74 Å². The van der Waals surface area contributed by atoms with Crippen molar-refractivity contribution in [3.8, 4) is 5.75 Å². The van der Waals surface area contributed by atoms with Gasteiger partial charge in [0.1, 0.15) is 5.75 Å². The van der Waals surface area contributed by atoms with Crippen LogP contribution in [0.1, 0.15) is 18.7 Å². The molecule has 1 atom stereocenters. The maximum absolute atomic E-state index is 5.21. The van der Waals surface area contributed by atoms with Gasteiger partial charge < -0.3 is 15.0 Å². The summed E-state index contributed by atoms with van der Waals surface area (Å²) in [7, 11) is 3.62. The van der Waals surface area contributed by atoms with E-state index in [2.05, 4.69) is 39.2 Å². The summed E-state index contributed by atoms with van der Waals surface area (Å²) in [6.07, 6.45) is 0. The summed E-state index contributed by atoms with van der Waals surface area (Å²) in [4.78, 5) is 3.40. The van der Waals surface area contributed by atoms with Gasteiger partial charge in [-0.2, -0.15) is 0 Å². The third-order valence-electron chi connectivity index (χ3n) is 2.84. The van der Waals surface area contributed by atoms with Crippen LogP contribution in [0.3, 0.4) is 0 Å². The Hall–Kier alpha value is -1.000. The molecule has 0 fully saturated rings.